The number of primary amides is 1. The molecule has 0 unspecified atom stereocenters. The number of nitrogens with zero attached hydrogens (tertiary/aromatic N) is 3. The molecule has 0 saturated carbocycles. The molecular formula is C13H23N5O. The molecule has 0 atom stereocenters. The second-order valence-electron chi connectivity index (χ2n) is 4.78. The summed E-state index contributed by atoms with van der Waals surface area (Å²) in [4.78, 5) is 19.8. The molecule has 106 valence electrons. The minimum absolute atomic E-state index is 0.307. The second kappa shape index (κ2) is 6.94. The number of amides is 1. The van der Waals surface area contributed by atoms with Gasteiger partial charge >= 0.3 is 0 Å². The normalized spacial score (nSPS) is 10.7. The monoisotopic (exact) mass is 265 g/mol. The summed E-state index contributed by atoms with van der Waals surface area (Å²) in [5, 5.41) is 0. The molecule has 0 radical (unpaired) electrons. The zero-order chi connectivity index (χ0) is 14.4. The number of nitrogen functional groups attached to an aromatic ring is 1. The summed E-state index contributed by atoms with van der Waals surface area (Å²) < 4.78 is 0. The van der Waals surface area contributed by atoms with Gasteiger partial charge in [0.05, 0.1) is 17.4 Å². The Morgan fingerprint density at radius 2 is 2.00 bits per heavy atom. The highest BCUT2D eigenvalue weighted by molar-refractivity contribution is 5.99. The predicted octanol–water partition coefficient (Wildman–Crippen LogP) is 0.541. The molecule has 0 aliphatic carbocycles. The Labute approximate surface area is 114 Å². The van der Waals surface area contributed by atoms with E-state index in [2.05, 4.69) is 21.7 Å². The first-order chi connectivity index (χ1) is 8.95. The SMILES string of the molecule is CCCN(CCN(C)C)c1cnc(N)cc1C(N)=O. The summed E-state index contributed by atoms with van der Waals surface area (Å²) in [5.41, 5.74) is 12.2. The van der Waals surface area contributed by atoms with Crippen molar-refractivity contribution in [2.75, 3.05) is 44.4 Å². The Morgan fingerprint density at radius 3 is 2.53 bits per heavy atom. The third kappa shape index (κ3) is 4.40. The van der Waals surface area contributed by atoms with Crippen molar-refractivity contribution in [1.82, 2.24) is 9.88 Å². The Balaban J connectivity index is 3.03. The molecule has 6 nitrogen and oxygen atoms in total. The highest BCUT2D eigenvalue weighted by atomic mass is 16.1. The van der Waals surface area contributed by atoms with Crippen LogP contribution in [0.3, 0.4) is 0 Å². The van der Waals surface area contributed by atoms with E-state index < -0.39 is 5.91 Å². The lowest BCUT2D eigenvalue weighted by Crippen LogP contribution is -2.34. The number of hydrogen-bond donors (Lipinski definition) is 2. The standard InChI is InChI=1S/C13H23N5O/c1-4-5-18(7-6-17(2)3)11-9-16-12(14)8-10(11)13(15)19/h8-9H,4-7H2,1-3H3,(H2,14,16)(H2,15,19). The quantitative estimate of drug-likeness (QED) is 0.751. The Hall–Kier alpha value is -1.82. The molecule has 0 fully saturated rings. The molecule has 0 saturated heterocycles. The molecule has 4 N–H and O–H groups in total. The highest BCUT2D eigenvalue weighted by Crippen LogP contribution is 2.21. The lowest BCUT2D eigenvalue weighted by Gasteiger charge is -2.27. The minimum Gasteiger partial charge on any atom is -0.384 e. The average molecular weight is 265 g/mol. The van der Waals surface area contributed by atoms with Gasteiger partial charge in [0.25, 0.3) is 5.91 Å². The predicted molar refractivity (Wildman–Crippen MR) is 78.2 cm³/mol. The number of carbonyl (C=O) groups excluding carboxylic acids is 1. The van der Waals surface area contributed by atoms with Crippen molar-refractivity contribution >= 4 is 17.4 Å². The first-order valence-electron chi connectivity index (χ1n) is 6.40. The summed E-state index contributed by atoms with van der Waals surface area (Å²) >= 11 is 0. The van der Waals surface area contributed by atoms with Crippen molar-refractivity contribution in [3.05, 3.63) is 17.8 Å². The topological polar surface area (TPSA) is 88.5 Å². The molecular weight excluding hydrogens is 242 g/mol. The van der Waals surface area contributed by atoms with Crippen molar-refractivity contribution in [2.45, 2.75) is 13.3 Å². The Morgan fingerprint density at radius 1 is 1.32 bits per heavy atom. The van der Waals surface area contributed by atoms with Crippen LogP contribution in [0.1, 0.15) is 23.7 Å². The molecule has 6 heteroatoms. The number of nitrogens with two attached hydrogens (primary N) is 2. The van der Waals surface area contributed by atoms with Crippen molar-refractivity contribution in [3.8, 4) is 0 Å². The first kappa shape index (κ1) is 15.2. The maximum Gasteiger partial charge on any atom is 0.251 e. The van der Waals surface area contributed by atoms with Gasteiger partial charge in [-0.05, 0) is 26.6 Å². The fourth-order valence-corrected chi connectivity index (χ4v) is 1.86. The molecule has 1 rings (SSSR count). The van der Waals surface area contributed by atoms with E-state index in [9.17, 15) is 4.79 Å². The zero-order valence-electron chi connectivity index (χ0n) is 11.9. The molecule has 0 bridgehead atoms. The van der Waals surface area contributed by atoms with Gasteiger partial charge in [0, 0.05) is 19.6 Å². The minimum atomic E-state index is -0.477. The van der Waals surface area contributed by atoms with Crippen LogP contribution in [0.25, 0.3) is 0 Å². The first-order valence-corrected chi connectivity index (χ1v) is 6.40. The van der Waals surface area contributed by atoms with E-state index in [0.29, 0.717) is 11.4 Å². The lowest BCUT2D eigenvalue weighted by atomic mass is 10.2. The van der Waals surface area contributed by atoms with Gasteiger partial charge < -0.3 is 21.3 Å². The molecule has 1 heterocycles. The number of aromatic nitrogens is 1. The summed E-state index contributed by atoms with van der Waals surface area (Å²) in [6.07, 6.45) is 2.61. The van der Waals surface area contributed by atoms with Crippen LogP contribution in [-0.4, -0.2) is 49.5 Å². The average Bonchev–Trinajstić information content (AvgIpc) is 2.34. The van der Waals surface area contributed by atoms with Gasteiger partial charge in [-0.15, -0.1) is 0 Å². The van der Waals surface area contributed by atoms with Gasteiger partial charge in [-0.2, -0.15) is 0 Å². The van der Waals surface area contributed by atoms with Crippen LogP contribution >= 0.6 is 0 Å². The number of pyridine rings is 1. The fraction of sp³-hybridized carbons (Fsp3) is 0.538. The zero-order valence-corrected chi connectivity index (χ0v) is 11.9. The molecule has 1 aromatic rings. The number of anilines is 2. The van der Waals surface area contributed by atoms with E-state index in [1.165, 1.54) is 6.07 Å². The van der Waals surface area contributed by atoms with Crippen LogP contribution in [-0.2, 0) is 0 Å². The molecule has 0 aliphatic heterocycles. The number of likely N-dealkylation sites (N-methyl/N-ethyl adjacent to an activating group) is 1. The van der Waals surface area contributed by atoms with Gasteiger partial charge in [0.2, 0.25) is 0 Å². The van der Waals surface area contributed by atoms with E-state index >= 15 is 0 Å². The summed E-state index contributed by atoms with van der Waals surface area (Å²) in [7, 11) is 4.03. The smallest absolute Gasteiger partial charge is 0.251 e. The van der Waals surface area contributed by atoms with E-state index in [4.69, 9.17) is 11.5 Å². The lowest BCUT2D eigenvalue weighted by molar-refractivity contribution is 0.100. The van der Waals surface area contributed by atoms with E-state index in [-0.39, 0.29) is 0 Å². The van der Waals surface area contributed by atoms with Crippen LogP contribution < -0.4 is 16.4 Å². The van der Waals surface area contributed by atoms with Crippen molar-refractivity contribution in [1.29, 1.82) is 0 Å². The van der Waals surface area contributed by atoms with Crippen molar-refractivity contribution in [3.63, 3.8) is 0 Å². The van der Waals surface area contributed by atoms with E-state index in [1.54, 1.807) is 6.20 Å². The van der Waals surface area contributed by atoms with E-state index in [0.717, 1.165) is 31.7 Å². The molecule has 0 spiro atoms. The van der Waals surface area contributed by atoms with Crippen LogP contribution in [0.15, 0.2) is 12.3 Å². The van der Waals surface area contributed by atoms with Gasteiger partial charge in [-0.25, -0.2) is 4.98 Å². The third-order valence-corrected chi connectivity index (χ3v) is 2.82. The van der Waals surface area contributed by atoms with Crippen molar-refractivity contribution in [2.24, 2.45) is 5.73 Å². The summed E-state index contributed by atoms with van der Waals surface area (Å²) in [5.74, 6) is -0.170. The number of carbonyl (C=O) groups is 1. The van der Waals surface area contributed by atoms with Crippen LogP contribution in [0.4, 0.5) is 11.5 Å². The Kier molecular flexibility index (Phi) is 5.57. The summed E-state index contributed by atoms with van der Waals surface area (Å²) in [6, 6.07) is 1.54. The number of rotatable bonds is 7. The van der Waals surface area contributed by atoms with E-state index in [1.807, 2.05) is 14.1 Å². The van der Waals surface area contributed by atoms with Gasteiger partial charge in [-0.1, -0.05) is 6.92 Å². The van der Waals surface area contributed by atoms with Crippen molar-refractivity contribution < 1.29 is 4.79 Å². The maximum absolute atomic E-state index is 11.5. The van der Waals surface area contributed by atoms with Gasteiger partial charge in [-0.3, -0.25) is 4.79 Å². The van der Waals surface area contributed by atoms with Crippen LogP contribution in [0.5, 0.6) is 0 Å². The molecule has 0 aromatic carbocycles. The van der Waals surface area contributed by atoms with Gasteiger partial charge in [0.1, 0.15) is 5.82 Å². The third-order valence-electron chi connectivity index (χ3n) is 2.82. The molecule has 0 aliphatic rings. The second-order valence-corrected chi connectivity index (χ2v) is 4.78. The van der Waals surface area contributed by atoms with Gasteiger partial charge in [0.15, 0.2) is 0 Å². The van der Waals surface area contributed by atoms with Crippen LogP contribution in [0, 0.1) is 0 Å². The fourth-order valence-electron chi connectivity index (χ4n) is 1.86. The molecule has 1 amide bonds. The molecule has 19 heavy (non-hydrogen) atoms. The molecule has 1 aromatic heterocycles. The highest BCUT2D eigenvalue weighted by Gasteiger charge is 2.15. The maximum atomic E-state index is 11.5. The van der Waals surface area contributed by atoms with Crippen LogP contribution in [0.2, 0.25) is 0 Å². The Bertz CT molecular complexity index is 433. The number of hydrogen-bond acceptors (Lipinski definition) is 5. The summed E-state index contributed by atoms with van der Waals surface area (Å²) in [6.45, 7) is 4.65. The largest absolute Gasteiger partial charge is 0.384 e.